The molecule has 0 aromatic rings. The molecule has 5 rings (SSSR count). The predicted molar refractivity (Wildman–Crippen MR) is 130 cm³/mol. The Hall–Kier alpha value is -0.590. The number of hydrogen-bond acceptors (Lipinski definition) is 1. The summed E-state index contributed by atoms with van der Waals surface area (Å²) in [5.41, 5.74) is 3.33. The van der Waals surface area contributed by atoms with Gasteiger partial charge in [0.05, 0.1) is 0 Å². The highest BCUT2D eigenvalue weighted by Crippen LogP contribution is 2.77. The lowest BCUT2D eigenvalue weighted by molar-refractivity contribution is -0.163. The summed E-state index contributed by atoms with van der Waals surface area (Å²) in [7, 11) is 0. The molecule has 0 N–H and O–H groups in total. The molecule has 8 unspecified atom stereocenters. The third-order valence-electron chi connectivity index (χ3n) is 13.1. The van der Waals surface area contributed by atoms with Crippen molar-refractivity contribution >= 4 is 5.78 Å². The summed E-state index contributed by atoms with van der Waals surface area (Å²) in [4.78, 5) is 12.9. The lowest BCUT2D eigenvalue weighted by atomic mass is 9.35. The summed E-state index contributed by atoms with van der Waals surface area (Å²) in [5.74, 6) is 4.26. The van der Waals surface area contributed by atoms with Gasteiger partial charge in [-0.3, -0.25) is 4.79 Å². The van der Waals surface area contributed by atoms with Crippen molar-refractivity contribution in [1.29, 1.82) is 0 Å². The number of Topliss-reactive ketones (excluding diaryl/α,β-unsaturated/α-hetero) is 1. The van der Waals surface area contributed by atoms with Crippen molar-refractivity contribution in [3.8, 4) is 0 Å². The van der Waals surface area contributed by atoms with Crippen LogP contribution in [0.2, 0.25) is 0 Å². The van der Waals surface area contributed by atoms with E-state index in [9.17, 15) is 4.79 Å². The molecule has 5 aliphatic rings. The molecule has 4 fully saturated rings. The zero-order valence-electron chi connectivity index (χ0n) is 21.7. The summed E-state index contributed by atoms with van der Waals surface area (Å²) < 4.78 is 0. The second kappa shape index (κ2) is 6.50. The fourth-order valence-electron chi connectivity index (χ4n) is 11.0. The summed E-state index contributed by atoms with van der Waals surface area (Å²) in [6, 6.07) is 0. The average Bonchev–Trinajstić information content (AvgIpc) is 3.05. The molecular formula is C30H48O. The van der Waals surface area contributed by atoms with Gasteiger partial charge in [0.2, 0.25) is 0 Å². The molecular weight excluding hydrogens is 376 g/mol. The van der Waals surface area contributed by atoms with Gasteiger partial charge in [0.15, 0.2) is 0 Å². The lowest BCUT2D eigenvalue weighted by Gasteiger charge is -2.69. The van der Waals surface area contributed by atoms with Crippen molar-refractivity contribution in [1.82, 2.24) is 0 Å². The Labute approximate surface area is 192 Å². The molecule has 0 aromatic heterocycles. The first-order chi connectivity index (χ1) is 14.3. The Bertz CT molecular complexity index is 818. The molecule has 0 spiro atoms. The molecule has 8 atom stereocenters. The van der Waals surface area contributed by atoms with Crippen LogP contribution in [0.15, 0.2) is 11.6 Å². The molecule has 5 aliphatic carbocycles. The van der Waals surface area contributed by atoms with E-state index >= 15 is 0 Å². The molecule has 1 heteroatoms. The second-order valence-corrected chi connectivity index (χ2v) is 14.3. The summed E-state index contributed by atoms with van der Waals surface area (Å²) >= 11 is 0. The molecule has 1 nitrogen and oxygen atoms in total. The largest absolute Gasteiger partial charge is 0.299 e. The van der Waals surface area contributed by atoms with Crippen molar-refractivity contribution in [3.05, 3.63) is 11.6 Å². The SMILES string of the molecule is CC1CCC2(C(C)C)CCC3(C)C4=CCC5C(C)(C)C(=O)CCC5(C)C4CCC3(C)C12. The van der Waals surface area contributed by atoms with E-state index in [0.717, 1.165) is 37.0 Å². The van der Waals surface area contributed by atoms with Crippen molar-refractivity contribution in [3.63, 3.8) is 0 Å². The summed E-state index contributed by atoms with van der Waals surface area (Å²) in [6.45, 7) is 20.1. The number of carbonyl (C=O) groups is 1. The number of carbonyl (C=O) groups excluding carboxylic acids is 1. The van der Waals surface area contributed by atoms with Crippen LogP contribution < -0.4 is 0 Å². The van der Waals surface area contributed by atoms with Gasteiger partial charge in [-0.2, -0.15) is 0 Å². The highest BCUT2D eigenvalue weighted by atomic mass is 16.1. The standard InChI is InChI=1S/C30H48O/c1-19(2)30-16-11-20(3)25(30)29(8)15-12-21-22(28(29,7)17-18-30)9-10-23-26(4,5)24(31)13-14-27(21,23)6/h9,19-21,23,25H,10-18H2,1-8H3. The van der Waals surface area contributed by atoms with E-state index in [1.165, 1.54) is 38.5 Å². The Kier molecular flexibility index (Phi) is 4.66. The van der Waals surface area contributed by atoms with Crippen LogP contribution in [0.1, 0.15) is 113 Å². The minimum Gasteiger partial charge on any atom is -0.299 e. The van der Waals surface area contributed by atoms with Crippen LogP contribution in [0, 0.1) is 56.7 Å². The number of ketones is 1. The maximum atomic E-state index is 12.9. The van der Waals surface area contributed by atoms with E-state index in [0.29, 0.717) is 39.3 Å². The predicted octanol–water partition coefficient (Wildman–Crippen LogP) is 8.23. The van der Waals surface area contributed by atoms with Crippen LogP contribution >= 0.6 is 0 Å². The minimum atomic E-state index is -0.157. The maximum Gasteiger partial charge on any atom is 0.138 e. The van der Waals surface area contributed by atoms with Gasteiger partial charge in [0, 0.05) is 11.8 Å². The lowest BCUT2D eigenvalue weighted by Crippen LogP contribution is -2.62. The average molecular weight is 425 g/mol. The number of fused-ring (bicyclic) bond motifs is 7. The van der Waals surface area contributed by atoms with Gasteiger partial charge in [-0.1, -0.05) is 67.0 Å². The fraction of sp³-hybridized carbons (Fsp3) is 0.900. The Morgan fingerprint density at radius 3 is 2.32 bits per heavy atom. The van der Waals surface area contributed by atoms with E-state index in [-0.39, 0.29) is 5.41 Å². The normalized spacial score (nSPS) is 53.3. The van der Waals surface area contributed by atoms with E-state index in [2.05, 4.69) is 61.5 Å². The van der Waals surface area contributed by atoms with Crippen LogP contribution in [-0.2, 0) is 4.79 Å². The molecule has 0 amide bonds. The van der Waals surface area contributed by atoms with Crippen molar-refractivity contribution in [2.45, 2.75) is 113 Å². The van der Waals surface area contributed by atoms with Crippen molar-refractivity contribution in [2.24, 2.45) is 56.7 Å². The van der Waals surface area contributed by atoms with Crippen LogP contribution in [0.3, 0.4) is 0 Å². The fourth-order valence-corrected chi connectivity index (χ4v) is 11.0. The van der Waals surface area contributed by atoms with Gasteiger partial charge in [0.25, 0.3) is 0 Å². The minimum absolute atomic E-state index is 0.157. The van der Waals surface area contributed by atoms with Gasteiger partial charge in [-0.25, -0.2) is 0 Å². The monoisotopic (exact) mass is 424 g/mol. The third-order valence-corrected chi connectivity index (χ3v) is 13.1. The summed E-state index contributed by atoms with van der Waals surface area (Å²) in [6.07, 6.45) is 14.2. The molecule has 0 aromatic carbocycles. The molecule has 0 saturated heterocycles. The highest BCUT2D eigenvalue weighted by Gasteiger charge is 2.69. The molecule has 31 heavy (non-hydrogen) atoms. The maximum absolute atomic E-state index is 12.9. The van der Waals surface area contributed by atoms with Gasteiger partial charge in [-0.05, 0) is 103 Å². The van der Waals surface area contributed by atoms with Crippen LogP contribution in [0.4, 0.5) is 0 Å². The Morgan fingerprint density at radius 2 is 1.65 bits per heavy atom. The first kappa shape index (κ1) is 22.2. The highest BCUT2D eigenvalue weighted by molar-refractivity contribution is 5.85. The smallest absolute Gasteiger partial charge is 0.138 e. The Balaban J connectivity index is 1.59. The van der Waals surface area contributed by atoms with Gasteiger partial charge in [0.1, 0.15) is 5.78 Å². The molecule has 0 heterocycles. The first-order valence-electron chi connectivity index (χ1n) is 13.6. The topological polar surface area (TPSA) is 17.1 Å². The van der Waals surface area contributed by atoms with E-state index in [4.69, 9.17) is 0 Å². The number of allylic oxidation sites excluding steroid dienone is 2. The van der Waals surface area contributed by atoms with Crippen LogP contribution in [0.5, 0.6) is 0 Å². The number of hydrogen-bond donors (Lipinski definition) is 0. The third kappa shape index (κ3) is 2.48. The van der Waals surface area contributed by atoms with Gasteiger partial charge < -0.3 is 0 Å². The molecule has 174 valence electrons. The van der Waals surface area contributed by atoms with Crippen molar-refractivity contribution in [2.75, 3.05) is 0 Å². The zero-order chi connectivity index (χ0) is 22.6. The second-order valence-electron chi connectivity index (χ2n) is 14.3. The summed E-state index contributed by atoms with van der Waals surface area (Å²) in [5, 5.41) is 0. The van der Waals surface area contributed by atoms with Gasteiger partial charge in [-0.15, -0.1) is 0 Å². The quantitative estimate of drug-likeness (QED) is 0.387. The molecule has 4 saturated carbocycles. The van der Waals surface area contributed by atoms with E-state index in [1.54, 1.807) is 0 Å². The molecule has 0 aliphatic heterocycles. The zero-order valence-corrected chi connectivity index (χ0v) is 21.7. The van der Waals surface area contributed by atoms with Gasteiger partial charge >= 0.3 is 0 Å². The molecule has 0 radical (unpaired) electrons. The first-order valence-corrected chi connectivity index (χ1v) is 13.6. The number of rotatable bonds is 1. The van der Waals surface area contributed by atoms with Crippen LogP contribution in [0.25, 0.3) is 0 Å². The van der Waals surface area contributed by atoms with Crippen LogP contribution in [-0.4, -0.2) is 5.78 Å². The van der Waals surface area contributed by atoms with Crippen molar-refractivity contribution < 1.29 is 4.79 Å². The van der Waals surface area contributed by atoms with E-state index < -0.39 is 0 Å². The Morgan fingerprint density at radius 1 is 0.935 bits per heavy atom. The molecule has 0 bridgehead atoms. The van der Waals surface area contributed by atoms with E-state index in [1.807, 2.05) is 5.57 Å².